The van der Waals surface area contributed by atoms with Gasteiger partial charge in [-0.05, 0) is 30.8 Å². The van der Waals surface area contributed by atoms with Crippen molar-refractivity contribution in [3.05, 3.63) is 29.8 Å². The summed E-state index contributed by atoms with van der Waals surface area (Å²) in [5.74, 6) is 0.836. The van der Waals surface area contributed by atoms with E-state index in [9.17, 15) is 0 Å². The van der Waals surface area contributed by atoms with Gasteiger partial charge in [-0.2, -0.15) is 0 Å². The molecule has 2 N–H and O–H groups in total. The highest BCUT2D eigenvalue weighted by Gasteiger charge is 2.02. The summed E-state index contributed by atoms with van der Waals surface area (Å²) in [6.45, 7) is 6.34. The van der Waals surface area contributed by atoms with Crippen LogP contribution in [0.25, 0.3) is 0 Å². The van der Waals surface area contributed by atoms with Crippen LogP contribution in [0.4, 0.5) is 0 Å². The Bertz CT molecular complexity index is 382. The molecule has 0 bridgehead atoms. The van der Waals surface area contributed by atoms with E-state index in [-0.39, 0.29) is 0 Å². The van der Waals surface area contributed by atoms with Crippen molar-refractivity contribution in [2.75, 3.05) is 40.0 Å². The number of nitrogens with two attached hydrogens (primary N) is 1. The Morgan fingerprint density at radius 3 is 2.37 bits per heavy atom. The van der Waals surface area contributed by atoms with E-state index in [2.05, 4.69) is 11.8 Å². The zero-order chi connectivity index (χ0) is 14.1. The molecule has 0 heterocycles. The van der Waals surface area contributed by atoms with Crippen LogP contribution in [-0.2, 0) is 4.74 Å². The van der Waals surface area contributed by atoms with Crippen molar-refractivity contribution < 1.29 is 9.47 Å². The molecule has 0 aromatic heterocycles. The molecule has 1 aromatic rings. The molecule has 0 unspecified atom stereocenters. The summed E-state index contributed by atoms with van der Waals surface area (Å²) in [5, 5.41) is 0. The van der Waals surface area contributed by atoms with Crippen LogP contribution in [0.5, 0.6) is 5.75 Å². The fourth-order valence-corrected chi connectivity index (χ4v) is 1.79. The summed E-state index contributed by atoms with van der Waals surface area (Å²) in [5.41, 5.74) is 6.40. The Hall–Kier alpha value is -1.17. The van der Waals surface area contributed by atoms with Crippen molar-refractivity contribution >= 4 is 17.2 Å². The molecule has 1 aromatic carbocycles. The van der Waals surface area contributed by atoms with Gasteiger partial charge in [0.2, 0.25) is 0 Å². The van der Waals surface area contributed by atoms with Gasteiger partial charge in [0.1, 0.15) is 17.3 Å². The van der Waals surface area contributed by atoms with E-state index in [0.29, 0.717) is 11.6 Å². The SMILES string of the molecule is CCN(CCOC)CCOc1ccc(C(N)=S)cc1. The Kier molecular flexibility index (Phi) is 7.40. The van der Waals surface area contributed by atoms with E-state index in [0.717, 1.165) is 37.6 Å². The van der Waals surface area contributed by atoms with Gasteiger partial charge in [-0.3, -0.25) is 4.90 Å². The molecule has 0 saturated carbocycles. The molecule has 19 heavy (non-hydrogen) atoms. The summed E-state index contributed by atoms with van der Waals surface area (Å²) in [6, 6.07) is 7.53. The molecule has 5 heteroatoms. The monoisotopic (exact) mass is 282 g/mol. The van der Waals surface area contributed by atoms with Gasteiger partial charge < -0.3 is 15.2 Å². The van der Waals surface area contributed by atoms with E-state index in [4.69, 9.17) is 27.4 Å². The van der Waals surface area contributed by atoms with Gasteiger partial charge in [-0.1, -0.05) is 19.1 Å². The van der Waals surface area contributed by atoms with Crippen LogP contribution in [0.15, 0.2) is 24.3 Å². The highest BCUT2D eigenvalue weighted by atomic mass is 32.1. The standard InChI is InChI=1S/C14H22N2O2S/c1-3-16(8-10-17-2)9-11-18-13-6-4-12(5-7-13)14(15)19/h4-7H,3,8-11H2,1-2H3,(H2,15,19). The molecular weight excluding hydrogens is 260 g/mol. The number of methoxy groups -OCH3 is 1. The van der Waals surface area contributed by atoms with Crippen LogP contribution in [0, 0.1) is 0 Å². The summed E-state index contributed by atoms with van der Waals surface area (Å²) in [6.07, 6.45) is 0. The molecule has 4 nitrogen and oxygen atoms in total. The molecule has 0 amide bonds. The second kappa shape index (κ2) is 8.85. The lowest BCUT2D eigenvalue weighted by Gasteiger charge is -2.19. The zero-order valence-corrected chi connectivity index (χ0v) is 12.4. The summed E-state index contributed by atoms with van der Waals surface area (Å²) in [4.78, 5) is 2.69. The number of thiocarbonyl (C=S) groups is 1. The molecule has 106 valence electrons. The molecular formula is C14H22N2O2S. The van der Waals surface area contributed by atoms with Gasteiger partial charge in [0.15, 0.2) is 0 Å². The lowest BCUT2D eigenvalue weighted by Crippen LogP contribution is -2.31. The van der Waals surface area contributed by atoms with Gasteiger partial charge in [-0.15, -0.1) is 0 Å². The largest absolute Gasteiger partial charge is 0.492 e. The molecule has 0 spiro atoms. The number of nitrogens with zero attached hydrogens (tertiary/aromatic N) is 1. The molecule has 1 rings (SSSR count). The number of hydrogen-bond donors (Lipinski definition) is 1. The van der Waals surface area contributed by atoms with Gasteiger partial charge >= 0.3 is 0 Å². The minimum absolute atomic E-state index is 0.406. The van der Waals surface area contributed by atoms with Crippen LogP contribution in [0.3, 0.4) is 0 Å². The maximum absolute atomic E-state index is 5.69. The van der Waals surface area contributed by atoms with E-state index >= 15 is 0 Å². The minimum atomic E-state index is 0.406. The van der Waals surface area contributed by atoms with Crippen LogP contribution in [0.2, 0.25) is 0 Å². The normalized spacial score (nSPS) is 10.7. The molecule has 0 radical (unpaired) electrons. The van der Waals surface area contributed by atoms with Crippen molar-refractivity contribution in [1.82, 2.24) is 4.90 Å². The third kappa shape index (κ3) is 6.00. The molecule has 0 saturated heterocycles. The van der Waals surface area contributed by atoms with Crippen LogP contribution in [-0.4, -0.2) is 49.8 Å². The fraction of sp³-hybridized carbons (Fsp3) is 0.500. The molecule has 0 aliphatic carbocycles. The molecule has 0 atom stereocenters. The smallest absolute Gasteiger partial charge is 0.119 e. The molecule has 0 aliphatic heterocycles. The lowest BCUT2D eigenvalue weighted by atomic mass is 10.2. The summed E-state index contributed by atoms with van der Waals surface area (Å²) >= 11 is 4.90. The minimum Gasteiger partial charge on any atom is -0.492 e. The van der Waals surface area contributed by atoms with Crippen molar-refractivity contribution in [2.45, 2.75) is 6.92 Å². The predicted octanol–water partition coefficient (Wildman–Crippen LogP) is 1.67. The van der Waals surface area contributed by atoms with Crippen molar-refractivity contribution in [3.8, 4) is 5.75 Å². The second-order valence-electron chi connectivity index (χ2n) is 4.16. The highest BCUT2D eigenvalue weighted by molar-refractivity contribution is 7.80. The number of ether oxygens (including phenoxy) is 2. The van der Waals surface area contributed by atoms with Gasteiger partial charge in [0, 0.05) is 25.8 Å². The van der Waals surface area contributed by atoms with Crippen molar-refractivity contribution in [2.24, 2.45) is 5.73 Å². The van der Waals surface area contributed by atoms with Gasteiger partial charge in [-0.25, -0.2) is 0 Å². The van der Waals surface area contributed by atoms with Crippen LogP contribution in [0.1, 0.15) is 12.5 Å². The number of rotatable bonds is 9. The van der Waals surface area contributed by atoms with E-state index < -0.39 is 0 Å². The van der Waals surface area contributed by atoms with E-state index in [1.807, 2.05) is 24.3 Å². The quantitative estimate of drug-likeness (QED) is 0.698. The maximum atomic E-state index is 5.69. The maximum Gasteiger partial charge on any atom is 0.119 e. The number of likely N-dealkylation sites (N-methyl/N-ethyl adjacent to an activating group) is 1. The van der Waals surface area contributed by atoms with Crippen molar-refractivity contribution in [3.63, 3.8) is 0 Å². The Labute approximate surface area is 120 Å². The number of hydrogen-bond acceptors (Lipinski definition) is 4. The second-order valence-corrected chi connectivity index (χ2v) is 4.60. The van der Waals surface area contributed by atoms with Crippen molar-refractivity contribution in [1.29, 1.82) is 0 Å². The highest BCUT2D eigenvalue weighted by Crippen LogP contribution is 2.12. The lowest BCUT2D eigenvalue weighted by molar-refractivity contribution is 0.138. The van der Waals surface area contributed by atoms with E-state index in [1.165, 1.54) is 0 Å². The van der Waals surface area contributed by atoms with E-state index in [1.54, 1.807) is 7.11 Å². The average molecular weight is 282 g/mol. The fourth-order valence-electron chi connectivity index (χ4n) is 1.66. The summed E-state index contributed by atoms with van der Waals surface area (Å²) < 4.78 is 10.8. The Morgan fingerprint density at radius 2 is 1.84 bits per heavy atom. The first kappa shape index (κ1) is 15.9. The number of benzene rings is 1. The third-order valence-electron chi connectivity index (χ3n) is 2.87. The van der Waals surface area contributed by atoms with Crippen LogP contribution >= 0.6 is 12.2 Å². The topological polar surface area (TPSA) is 47.7 Å². The van der Waals surface area contributed by atoms with Gasteiger partial charge in [0.25, 0.3) is 0 Å². The Balaban J connectivity index is 2.33. The zero-order valence-electron chi connectivity index (χ0n) is 11.6. The first-order valence-electron chi connectivity index (χ1n) is 6.41. The first-order chi connectivity index (χ1) is 9.17. The Morgan fingerprint density at radius 1 is 1.21 bits per heavy atom. The average Bonchev–Trinajstić information content (AvgIpc) is 2.43. The third-order valence-corrected chi connectivity index (χ3v) is 3.11. The molecule has 0 aliphatic rings. The van der Waals surface area contributed by atoms with Crippen LogP contribution < -0.4 is 10.5 Å². The molecule has 0 fully saturated rings. The predicted molar refractivity (Wildman–Crippen MR) is 81.8 cm³/mol. The first-order valence-corrected chi connectivity index (χ1v) is 6.82. The summed E-state index contributed by atoms with van der Waals surface area (Å²) in [7, 11) is 1.72. The van der Waals surface area contributed by atoms with Gasteiger partial charge in [0.05, 0.1) is 6.61 Å².